The molecule has 0 aliphatic rings. The van der Waals surface area contributed by atoms with Crippen LogP contribution in [0.4, 0.5) is 0 Å². The topological polar surface area (TPSA) is 72.5 Å². The van der Waals surface area contributed by atoms with E-state index in [1.165, 1.54) is 7.11 Å². The number of esters is 1. The summed E-state index contributed by atoms with van der Waals surface area (Å²) < 4.78 is 4.56. The summed E-state index contributed by atoms with van der Waals surface area (Å²) in [6.45, 7) is 0.430. The van der Waals surface area contributed by atoms with Gasteiger partial charge in [0.1, 0.15) is 0 Å². The third-order valence-corrected chi connectivity index (χ3v) is 2.16. The summed E-state index contributed by atoms with van der Waals surface area (Å²) in [6, 6.07) is 6.65. The first-order valence-electron chi connectivity index (χ1n) is 4.75. The first-order chi connectivity index (χ1) is 7.19. The van der Waals surface area contributed by atoms with Crippen molar-refractivity contribution in [3.63, 3.8) is 0 Å². The molecule has 0 saturated carbocycles. The molecule has 0 spiro atoms. The second kappa shape index (κ2) is 5.48. The van der Waals surface area contributed by atoms with Gasteiger partial charge in [-0.2, -0.15) is 0 Å². The van der Waals surface area contributed by atoms with Crippen LogP contribution in [-0.2, 0) is 4.74 Å². The summed E-state index contributed by atoms with van der Waals surface area (Å²) in [5.41, 5.74) is 6.56. The van der Waals surface area contributed by atoms with E-state index in [0.717, 1.165) is 5.56 Å². The largest absolute Gasteiger partial charge is 0.465 e. The Balaban J connectivity index is 2.76. The maximum Gasteiger partial charge on any atom is 0.337 e. The summed E-state index contributed by atoms with van der Waals surface area (Å²) in [6.07, 6.45) is -0.0564. The van der Waals surface area contributed by atoms with E-state index in [-0.39, 0.29) is 5.97 Å². The third-order valence-electron chi connectivity index (χ3n) is 2.16. The number of aliphatic hydroxyl groups excluding tert-OH is 1. The molecule has 82 valence electrons. The third kappa shape index (κ3) is 3.04. The molecule has 1 rings (SSSR count). The van der Waals surface area contributed by atoms with Gasteiger partial charge in [-0.05, 0) is 30.7 Å². The van der Waals surface area contributed by atoms with Crippen LogP contribution in [0.15, 0.2) is 24.3 Å². The zero-order chi connectivity index (χ0) is 11.3. The molecular formula is C11H15NO3. The number of carbonyl (C=O) groups is 1. The zero-order valence-corrected chi connectivity index (χ0v) is 8.64. The number of aliphatic hydroxyl groups is 1. The number of carbonyl (C=O) groups excluding carboxylic acids is 1. The van der Waals surface area contributed by atoms with Crippen LogP contribution in [0.5, 0.6) is 0 Å². The Bertz CT molecular complexity index is 321. The zero-order valence-electron chi connectivity index (χ0n) is 8.64. The average molecular weight is 209 g/mol. The molecule has 0 saturated heterocycles. The van der Waals surface area contributed by atoms with Crippen molar-refractivity contribution in [2.75, 3.05) is 13.7 Å². The molecular weight excluding hydrogens is 194 g/mol. The lowest BCUT2D eigenvalue weighted by Crippen LogP contribution is -2.07. The quantitative estimate of drug-likeness (QED) is 0.721. The molecule has 0 unspecified atom stereocenters. The number of rotatable bonds is 4. The molecule has 1 aromatic carbocycles. The average Bonchev–Trinajstić information content (AvgIpc) is 2.28. The number of ether oxygens (including phenoxy) is 1. The van der Waals surface area contributed by atoms with Crippen molar-refractivity contribution in [1.29, 1.82) is 0 Å². The highest BCUT2D eigenvalue weighted by Crippen LogP contribution is 2.16. The number of benzene rings is 1. The molecule has 4 heteroatoms. The Kier molecular flexibility index (Phi) is 4.27. The van der Waals surface area contributed by atoms with E-state index in [4.69, 9.17) is 5.73 Å². The Labute approximate surface area is 88.7 Å². The van der Waals surface area contributed by atoms with Gasteiger partial charge in [-0.25, -0.2) is 4.79 Å². The molecule has 0 amide bonds. The van der Waals surface area contributed by atoms with Crippen molar-refractivity contribution >= 4 is 5.97 Å². The minimum Gasteiger partial charge on any atom is -0.465 e. The molecule has 0 bridgehead atoms. The van der Waals surface area contributed by atoms with Crippen LogP contribution in [0.1, 0.15) is 28.4 Å². The minimum absolute atomic E-state index is 0.380. The first-order valence-corrected chi connectivity index (χ1v) is 4.75. The maximum absolute atomic E-state index is 11.1. The molecule has 3 N–H and O–H groups in total. The summed E-state index contributed by atoms with van der Waals surface area (Å²) in [5, 5.41) is 9.61. The predicted molar refractivity (Wildman–Crippen MR) is 56.4 cm³/mol. The van der Waals surface area contributed by atoms with Gasteiger partial charge in [-0.15, -0.1) is 0 Å². The monoisotopic (exact) mass is 209 g/mol. The van der Waals surface area contributed by atoms with Gasteiger partial charge in [0.25, 0.3) is 0 Å². The molecule has 1 atom stereocenters. The van der Waals surface area contributed by atoms with Gasteiger partial charge in [0.2, 0.25) is 0 Å². The van der Waals surface area contributed by atoms with Crippen molar-refractivity contribution in [2.45, 2.75) is 12.5 Å². The number of hydrogen-bond donors (Lipinski definition) is 2. The summed E-state index contributed by atoms with van der Waals surface area (Å²) in [5.74, 6) is -0.380. The van der Waals surface area contributed by atoms with Gasteiger partial charge in [-0.3, -0.25) is 0 Å². The fourth-order valence-corrected chi connectivity index (χ4v) is 1.28. The minimum atomic E-state index is -0.568. The Morgan fingerprint density at radius 1 is 1.47 bits per heavy atom. The van der Waals surface area contributed by atoms with Crippen LogP contribution < -0.4 is 5.73 Å². The van der Waals surface area contributed by atoms with Crippen molar-refractivity contribution in [1.82, 2.24) is 0 Å². The van der Waals surface area contributed by atoms with Crippen molar-refractivity contribution in [3.8, 4) is 0 Å². The van der Waals surface area contributed by atoms with Gasteiger partial charge in [0.15, 0.2) is 0 Å². The van der Waals surface area contributed by atoms with Gasteiger partial charge < -0.3 is 15.6 Å². The van der Waals surface area contributed by atoms with Gasteiger partial charge in [0.05, 0.1) is 18.8 Å². The van der Waals surface area contributed by atoms with Crippen LogP contribution in [0.2, 0.25) is 0 Å². The Hall–Kier alpha value is -1.39. The smallest absolute Gasteiger partial charge is 0.337 e. The van der Waals surface area contributed by atoms with E-state index < -0.39 is 6.10 Å². The van der Waals surface area contributed by atoms with E-state index in [2.05, 4.69) is 4.74 Å². The molecule has 0 aliphatic heterocycles. The maximum atomic E-state index is 11.1. The summed E-state index contributed by atoms with van der Waals surface area (Å²) >= 11 is 0. The van der Waals surface area contributed by atoms with Crippen LogP contribution in [0.3, 0.4) is 0 Å². The van der Waals surface area contributed by atoms with Gasteiger partial charge in [-0.1, -0.05) is 12.1 Å². The van der Waals surface area contributed by atoms with Crippen LogP contribution >= 0.6 is 0 Å². The second-order valence-electron chi connectivity index (χ2n) is 3.21. The lowest BCUT2D eigenvalue weighted by atomic mass is 10.0. The number of hydrogen-bond acceptors (Lipinski definition) is 4. The molecule has 0 fully saturated rings. The Morgan fingerprint density at radius 3 is 2.53 bits per heavy atom. The van der Waals surface area contributed by atoms with Crippen LogP contribution in [0.25, 0.3) is 0 Å². The van der Waals surface area contributed by atoms with Crippen LogP contribution in [0, 0.1) is 0 Å². The lowest BCUT2D eigenvalue weighted by molar-refractivity contribution is 0.0600. The van der Waals surface area contributed by atoms with E-state index in [0.29, 0.717) is 18.5 Å². The second-order valence-corrected chi connectivity index (χ2v) is 3.21. The predicted octanol–water partition coefficient (Wildman–Crippen LogP) is 0.855. The van der Waals surface area contributed by atoms with Gasteiger partial charge >= 0.3 is 5.97 Å². The summed E-state index contributed by atoms with van der Waals surface area (Å²) in [7, 11) is 1.33. The number of methoxy groups -OCH3 is 1. The summed E-state index contributed by atoms with van der Waals surface area (Å²) in [4.78, 5) is 11.1. The van der Waals surface area contributed by atoms with Crippen LogP contribution in [-0.4, -0.2) is 24.7 Å². The van der Waals surface area contributed by atoms with Gasteiger partial charge in [0, 0.05) is 0 Å². The van der Waals surface area contributed by atoms with Crippen molar-refractivity contribution in [3.05, 3.63) is 35.4 Å². The normalized spacial score (nSPS) is 12.2. The molecule has 0 heterocycles. The highest BCUT2D eigenvalue weighted by molar-refractivity contribution is 5.89. The fraction of sp³-hybridized carbons (Fsp3) is 0.364. The molecule has 15 heavy (non-hydrogen) atoms. The first kappa shape index (κ1) is 11.7. The highest BCUT2D eigenvalue weighted by atomic mass is 16.5. The van der Waals surface area contributed by atoms with E-state index in [1.54, 1.807) is 24.3 Å². The SMILES string of the molecule is COC(=O)c1ccc([C@@H](O)CCN)cc1. The highest BCUT2D eigenvalue weighted by Gasteiger charge is 2.08. The molecule has 0 aromatic heterocycles. The lowest BCUT2D eigenvalue weighted by Gasteiger charge is -2.09. The molecule has 1 aromatic rings. The van der Waals surface area contributed by atoms with Crippen molar-refractivity contribution < 1.29 is 14.6 Å². The van der Waals surface area contributed by atoms with E-state index >= 15 is 0 Å². The molecule has 0 radical (unpaired) electrons. The Morgan fingerprint density at radius 2 is 2.07 bits per heavy atom. The van der Waals surface area contributed by atoms with E-state index in [9.17, 15) is 9.90 Å². The fourth-order valence-electron chi connectivity index (χ4n) is 1.28. The van der Waals surface area contributed by atoms with Crippen molar-refractivity contribution in [2.24, 2.45) is 5.73 Å². The molecule has 4 nitrogen and oxygen atoms in total. The number of nitrogens with two attached hydrogens (primary N) is 1. The van der Waals surface area contributed by atoms with E-state index in [1.807, 2.05) is 0 Å². The standard InChI is InChI=1S/C11H15NO3/c1-15-11(14)9-4-2-8(3-5-9)10(13)6-7-12/h2-5,10,13H,6-7,12H2,1H3/t10-/m0/s1. The molecule has 0 aliphatic carbocycles.